The Bertz CT molecular complexity index is 1310. The van der Waals surface area contributed by atoms with Crippen LogP contribution in [0.3, 0.4) is 0 Å². The van der Waals surface area contributed by atoms with Gasteiger partial charge in [0.05, 0.1) is 16.3 Å². The number of aromatic nitrogens is 2. The summed E-state index contributed by atoms with van der Waals surface area (Å²) in [4.78, 5) is 7.45. The van der Waals surface area contributed by atoms with E-state index in [2.05, 4.69) is 21.8 Å². The Balaban J connectivity index is 1.89. The lowest BCUT2D eigenvalue weighted by atomic mass is 10.1. The van der Waals surface area contributed by atoms with Crippen LogP contribution < -0.4 is 16.2 Å². The summed E-state index contributed by atoms with van der Waals surface area (Å²) in [6.45, 7) is -0.434. The highest BCUT2D eigenvalue weighted by Gasteiger charge is 2.18. The second-order valence-electron chi connectivity index (χ2n) is 6.21. The van der Waals surface area contributed by atoms with Crippen molar-refractivity contribution in [1.82, 2.24) is 9.97 Å². The topological polar surface area (TPSA) is 148 Å². The maximum Gasteiger partial charge on any atom is 0.232 e. The van der Waals surface area contributed by atoms with Crippen LogP contribution in [-0.4, -0.2) is 24.9 Å². The van der Waals surface area contributed by atoms with Crippen LogP contribution >= 0.6 is 11.6 Å². The number of nitrogen functional groups attached to an aromatic ring is 2. The zero-order chi connectivity index (χ0) is 23.4. The average molecular weight is 478 g/mol. The fourth-order valence-electron chi connectivity index (χ4n) is 2.52. The molecule has 0 bridgehead atoms. The zero-order valence-electron chi connectivity index (χ0n) is 16.0. The number of anilines is 2. The average Bonchev–Trinajstić information content (AvgIpc) is 2.76. The van der Waals surface area contributed by atoms with Crippen LogP contribution in [0.5, 0.6) is 5.88 Å². The van der Waals surface area contributed by atoms with E-state index in [1.165, 1.54) is 24.5 Å². The van der Waals surface area contributed by atoms with E-state index in [1.54, 1.807) is 0 Å². The van der Waals surface area contributed by atoms with Crippen molar-refractivity contribution in [2.75, 3.05) is 11.5 Å². The third kappa shape index (κ3) is 5.00. The van der Waals surface area contributed by atoms with Crippen molar-refractivity contribution in [2.45, 2.75) is 11.5 Å². The van der Waals surface area contributed by atoms with Gasteiger partial charge in [0.25, 0.3) is 0 Å². The summed E-state index contributed by atoms with van der Waals surface area (Å²) in [5, 5.41) is 7.37. The van der Waals surface area contributed by atoms with Gasteiger partial charge in [0.15, 0.2) is 16.9 Å². The predicted octanol–water partition coefficient (Wildman–Crippen LogP) is 3.13. The van der Waals surface area contributed by atoms with Crippen LogP contribution in [0.1, 0.15) is 22.3 Å². The predicted molar refractivity (Wildman–Crippen MR) is 116 cm³/mol. The Morgan fingerprint density at radius 3 is 2.66 bits per heavy atom. The Morgan fingerprint density at radius 2 is 1.97 bits per heavy atom. The molecule has 32 heavy (non-hydrogen) atoms. The summed E-state index contributed by atoms with van der Waals surface area (Å²) in [5.41, 5.74) is 10.9. The lowest BCUT2D eigenvalue weighted by Crippen LogP contribution is -2.08. The molecule has 0 saturated carbocycles. The van der Waals surface area contributed by atoms with Crippen molar-refractivity contribution >= 4 is 40.4 Å². The van der Waals surface area contributed by atoms with Crippen molar-refractivity contribution in [3.05, 3.63) is 69.5 Å². The van der Waals surface area contributed by atoms with Gasteiger partial charge in [-0.3, -0.25) is 0 Å². The minimum absolute atomic E-state index is 0.0581. The molecule has 0 fully saturated rings. The first-order valence-corrected chi connectivity index (χ1v) is 10.1. The number of ether oxygens (including phenoxy) is 1. The summed E-state index contributed by atoms with van der Waals surface area (Å²) in [5.74, 6) is 2.71. The van der Waals surface area contributed by atoms with Gasteiger partial charge in [0.1, 0.15) is 23.1 Å². The summed E-state index contributed by atoms with van der Waals surface area (Å²) in [6, 6.07) is 3.57. The lowest BCUT2D eigenvalue weighted by Gasteiger charge is -2.12. The van der Waals surface area contributed by atoms with E-state index in [0.717, 1.165) is 12.3 Å². The van der Waals surface area contributed by atoms with Crippen LogP contribution in [0.2, 0.25) is 5.02 Å². The Kier molecular flexibility index (Phi) is 6.99. The maximum atomic E-state index is 14.7. The van der Waals surface area contributed by atoms with Gasteiger partial charge < -0.3 is 26.2 Å². The minimum atomic E-state index is -2.45. The first-order valence-electron chi connectivity index (χ1n) is 8.64. The highest BCUT2D eigenvalue weighted by molar-refractivity contribution is 7.79. The van der Waals surface area contributed by atoms with E-state index in [1.807, 2.05) is 0 Å². The van der Waals surface area contributed by atoms with Crippen molar-refractivity contribution in [2.24, 2.45) is 0 Å². The molecule has 0 aliphatic heterocycles. The van der Waals surface area contributed by atoms with Crippen LogP contribution in [0, 0.1) is 28.9 Å². The van der Waals surface area contributed by atoms with Gasteiger partial charge in [-0.1, -0.05) is 23.4 Å². The number of pyridine rings is 2. The molecule has 6 N–H and O–H groups in total. The molecule has 0 amide bonds. The summed E-state index contributed by atoms with van der Waals surface area (Å²) in [7, 11) is 0. The first kappa shape index (κ1) is 23.1. The van der Waals surface area contributed by atoms with E-state index in [-0.39, 0.29) is 27.2 Å². The molecule has 2 aromatic heterocycles. The highest BCUT2D eigenvalue weighted by Crippen LogP contribution is 2.27. The molecule has 1 aromatic carbocycles. The molecule has 0 radical (unpaired) electrons. The fourth-order valence-corrected chi connectivity index (χ4v) is 3.23. The molecule has 0 aliphatic carbocycles. The van der Waals surface area contributed by atoms with Crippen LogP contribution in [-0.2, 0) is 17.7 Å². The second kappa shape index (κ2) is 9.69. The largest absolute Gasteiger partial charge is 0.472 e. The van der Waals surface area contributed by atoms with Gasteiger partial charge in [0.2, 0.25) is 5.88 Å². The first-order chi connectivity index (χ1) is 15.2. The highest BCUT2D eigenvalue weighted by atomic mass is 35.5. The number of benzene rings is 1. The molecule has 164 valence electrons. The molecule has 3 rings (SSSR count). The van der Waals surface area contributed by atoms with E-state index < -0.39 is 40.6 Å². The SMILES string of the molecule is N=Cc1cc(C#Cc2c(F)cc(COc3ncc(Cl)cc3S(=O)O)c(N)c2F)cnc1N. The van der Waals surface area contributed by atoms with Crippen LogP contribution in [0.15, 0.2) is 35.5 Å². The van der Waals surface area contributed by atoms with E-state index in [0.29, 0.717) is 11.1 Å². The molecule has 0 saturated heterocycles. The number of hydrogen-bond acceptors (Lipinski definition) is 7. The number of rotatable bonds is 5. The number of nitrogens with one attached hydrogen (secondary N) is 1. The third-order valence-electron chi connectivity index (χ3n) is 4.12. The fraction of sp³-hybridized carbons (Fsp3) is 0.0500. The van der Waals surface area contributed by atoms with Crippen molar-refractivity contribution < 1.29 is 22.3 Å². The number of hydrogen-bond donors (Lipinski definition) is 4. The third-order valence-corrected chi connectivity index (χ3v) is 4.99. The van der Waals surface area contributed by atoms with Gasteiger partial charge >= 0.3 is 0 Å². The smallest absolute Gasteiger partial charge is 0.232 e. The Morgan fingerprint density at radius 1 is 1.22 bits per heavy atom. The lowest BCUT2D eigenvalue weighted by molar-refractivity contribution is 0.284. The maximum absolute atomic E-state index is 14.7. The molecule has 12 heteroatoms. The normalized spacial score (nSPS) is 11.4. The minimum Gasteiger partial charge on any atom is -0.472 e. The van der Waals surface area contributed by atoms with Gasteiger partial charge in [-0.2, -0.15) is 0 Å². The Hall–Kier alpha value is -3.59. The van der Waals surface area contributed by atoms with Crippen molar-refractivity contribution in [1.29, 1.82) is 5.41 Å². The van der Waals surface area contributed by atoms with Crippen molar-refractivity contribution in [3.63, 3.8) is 0 Å². The summed E-state index contributed by atoms with van der Waals surface area (Å²) >= 11 is 3.30. The Labute approximate surface area is 188 Å². The summed E-state index contributed by atoms with van der Waals surface area (Å²) < 4.78 is 55.3. The number of nitrogens with two attached hydrogens (primary N) is 2. The molecule has 1 unspecified atom stereocenters. The monoisotopic (exact) mass is 477 g/mol. The summed E-state index contributed by atoms with van der Waals surface area (Å²) in [6.07, 6.45) is 3.47. The van der Waals surface area contributed by atoms with Gasteiger partial charge in [0, 0.05) is 35.3 Å². The molecular weight excluding hydrogens is 464 g/mol. The standard InChI is InChI=1S/C20H14ClF2N5O3S/c21-13-5-16(32(29)30)20(28-8-13)31-9-12-4-15(22)14(17(23)18(12)25)2-1-10-3-11(6-24)19(26)27-7-10/h3-8,24H,9,25H2,(H2,26,27)(H,29,30). The number of halogens is 3. The van der Waals surface area contributed by atoms with Gasteiger partial charge in [-0.05, 0) is 18.2 Å². The molecular formula is C20H14ClF2N5O3S. The van der Waals surface area contributed by atoms with E-state index in [4.69, 9.17) is 33.2 Å². The molecule has 3 aromatic rings. The van der Waals surface area contributed by atoms with Crippen LogP contribution in [0.25, 0.3) is 0 Å². The molecule has 0 aliphatic rings. The molecule has 2 heterocycles. The molecule has 8 nitrogen and oxygen atoms in total. The van der Waals surface area contributed by atoms with E-state index >= 15 is 0 Å². The quantitative estimate of drug-likeness (QED) is 0.191. The molecule has 1 atom stereocenters. The zero-order valence-corrected chi connectivity index (χ0v) is 17.6. The van der Waals surface area contributed by atoms with Gasteiger partial charge in [-0.15, -0.1) is 0 Å². The van der Waals surface area contributed by atoms with Crippen molar-refractivity contribution in [3.8, 4) is 17.7 Å². The molecule has 0 spiro atoms. The van der Waals surface area contributed by atoms with Gasteiger partial charge in [-0.25, -0.2) is 23.0 Å². The second-order valence-corrected chi connectivity index (χ2v) is 7.58. The van der Waals surface area contributed by atoms with Crippen LogP contribution in [0.4, 0.5) is 20.3 Å². The van der Waals surface area contributed by atoms with E-state index in [9.17, 15) is 17.5 Å². The number of nitrogens with zero attached hydrogens (tertiary/aromatic N) is 2.